The van der Waals surface area contributed by atoms with Crippen molar-refractivity contribution in [3.8, 4) is 5.75 Å². The SMILES string of the molecule is O=C(C1CC1(F)F)N1CCC(Oc2ccccc2)(C(=O)O)CC1. The van der Waals surface area contributed by atoms with E-state index in [1.807, 2.05) is 0 Å². The standard InChI is InChI=1S/C16H17F2NO4/c17-16(18)10-12(16)13(20)19-8-6-15(7-9-19,14(21)22)23-11-4-2-1-3-5-11/h1-5,12H,6-10H2,(H,21,22). The zero-order valence-corrected chi connectivity index (χ0v) is 12.4. The number of carboxylic acid groups (broad SMARTS) is 1. The van der Waals surface area contributed by atoms with E-state index in [-0.39, 0.29) is 25.9 Å². The Hall–Kier alpha value is -2.18. The molecule has 7 heteroatoms. The van der Waals surface area contributed by atoms with Gasteiger partial charge in [-0.1, -0.05) is 18.2 Å². The molecule has 0 radical (unpaired) electrons. The molecule has 0 spiro atoms. The molecule has 1 atom stereocenters. The van der Waals surface area contributed by atoms with Crippen LogP contribution in [0.4, 0.5) is 8.78 Å². The Kier molecular flexibility index (Phi) is 3.74. The third-order valence-electron chi connectivity index (χ3n) is 4.45. The van der Waals surface area contributed by atoms with Gasteiger partial charge in [0.2, 0.25) is 11.5 Å². The van der Waals surface area contributed by atoms with Crippen LogP contribution in [0, 0.1) is 5.92 Å². The number of halogens is 2. The summed E-state index contributed by atoms with van der Waals surface area (Å²) in [5, 5.41) is 9.53. The molecule has 3 rings (SSSR count). The largest absolute Gasteiger partial charge is 0.478 e. The fourth-order valence-corrected chi connectivity index (χ4v) is 2.86. The summed E-state index contributed by atoms with van der Waals surface area (Å²) in [7, 11) is 0. The Labute approximate surface area is 131 Å². The molecule has 1 aliphatic heterocycles. The molecule has 1 aromatic carbocycles. The third kappa shape index (κ3) is 3.00. The maximum absolute atomic E-state index is 13.0. The number of aliphatic carboxylic acids is 1. The van der Waals surface area contributed by atoms with E-state index in [1.165, 1.54) is 4.90 Å². The van der Waals surface area contributed by atoms with Crippen molar-refractivity contribution in [3.05, 3.63) is 30.3 Å². The molecule has 1 aromatic rings. The van der Waals surface area contributed by atoms with Crippen molar-refractivity contribution in [2.24, 2.45) is 5.92 Å². The van der Waals surface area contributed by atoms with Gasteiger partial charge in [0.05, 0.1) is 0 Å². The number of carbonyl (C=O) groups excluding carboxylic acids is 1. The zero-order chi connectivity index (χ0) is 16.7. The Balaban J connectivity index is 1.66. The zero-order valence-electron chi connectivity index (χ0n) is 12.4. The number of carboxylic acids is 1. The van der Waals surface area contributed by atoms with Gasteiger partial charge in [-0.2, -0.15) is 0 Å². The Morgan fingerprint density at radius 1 is 1.17 bits per heavy atom. The summed E-state index contributed by atoms with van der Waals surface area (Å²) in [5.74, 6) is -5.41. The van der Waals surface area contributed by atoms with Crippen molar-refractivity contribution < 1.29 is 28.2 Å². The maximum Gasteiger partial charge on any atom is 0.348 e. The first-order chi connectivity index (χ1) is 10.8. The van der Waals surface area contributed by atoms with Crippen LogP contribution in [0.25, 0.3) is 0 Å². The normalized spacial score (nSPS) is 24.8. The summed E-state index contributed by atoms with van der Waals surface area (Å²) in [4.78, 5) is 25.0. The van der Waals surface area contributed by atoms with Crippen molar-refractivity contribution in [3.63, 3.8) is 0 Å². The molecule has 1 saturated heterocycles. The molecule has 23 heavy (non-hydrogen) atoms. The lowest BCUT2D eigenvalue weighted by molar-refractivity contribution is -0.162. The highest BCUT2D eigenvalue weighted by molar-refractivity contribution is 5.84. The molecular formula is C16H17F2NO4. The molecule has 1 aliphatic carbocycles. The summed E-state index contributed by atoms with van der Waals surface area (Å²) in [5.41, 5.74) is -1.43. The van der Waals surface area contributed by atoms with Crippen molar-refractivity contribution in [1.29, 1.82) is 0 Å². The van der Waals surface area contributed by atoms with Crippen LogP contribution in [0.3, 0.4) is 0 Å². The minimum Gasteiger partial charge on any atom is -0.478 e. The van der Waals surface area contributed by atoms with Crippen LogP contribution in [0.5, 0.6) is 5.75 Å². The van der Waals surface area contributed by atoms with Gasteiger partial charge >= 0.3 is 5.97 Å². The summed E-state index contributed by atoms with van der Waals surface area (Å²) < 4.78 is 31.7. The molecule has 1 unspecified atom stereocenters. The maximum atomic E-state index is 13.0. The summed E-state index contributed by atoms with van der Waals surface area (Å²) >= 11 is 0. The highest BCUT2D eigenvalue weighted by atomic mass is 19.3. The fourth-order valence-electron chi connectivity index (χ4n) is 2.86. The van der Waals surface area contributed by atoms with E-state index in [9.17, 15) is 23.5 Å². The molecule has 1 saturated carbocycles. The molecule has 0 aromatic heterocycles. The number of alkyl halides is 2. The van der Waals surface area contributed by atoms with Crippen LogP contribution in [-0.4, -0.2) is 46.5 Å². The number of rotatable bonds is 4. The third-order valence-corrected chi connectivity index (χ3v) is 4.45. The van der Waals surface area contributed by atoms with E-state index in [1.54, 1.807) is 30.3 Å². The lowest BCUT2D eigenvalue weighted by Gasteiger charge is -2.39. The second-order valence-corrected chi connectivity index (χ2v) is 6.06. The first-order valence-electron chi connectivity index (χ1n) is 7.48. The molecule has 1 amide bonds. The summed E-state index contributed by atoms with van der Waals surface area (Å²) in [6, 6.07) is 8.58. The van der Waals surface area contributed by atoms with Crippen molar-refractivity contribution in [2.75, 3.05) is 13.1 Å². The van der Waals surface area contributed by atoms with Gasteiger partial charge in [-0.3, -0.25) is 4.79 Å². The van der Waals surface area contributed by atoms with Crippen LogP contribution in [0.15, 0.2) is 30.3 Å². The first-order valence-corrected chi connectivity index (χ1v) is 7.48. The number of likely N-dealkylation sites (tertiary alicyclic amines) is 1. The van der Waals surface area contributed by atoms with Crippen LogP contribution in [0.1, 0.15) is 19.3 Å². The topological polar surface area (TPSA) is 66.8 Å². The van der Waals surface area contributed by atoms with Gasteiger partial charge in [-0.15, -0.1) is 0 Å². The average molecular weight is 325 g/mol. The number of nitrogens with zero attached hydrogens (tertiary/aromatic N) is 1. The van der Waals surface area contributed by atoms with Crippen molar-refractivity contribution in [2.45, 2.75) is 30.8 Å². The molecule has 5 nitrogen and oxygen atoms in total. The molecular weight excluding hydrogens is 308 g/mol. The molecule has 1 heterocycles. The Morgan fingerprint density at radius 3 is 2.22 bits per heavy atom. The second kappa shape index (κ2) is 5.47. The van der Waals surface area contributed by atoms with Gasteiger partial charge in [-0.25, -0.2) is 13.6 Å². The molecule has 124 valence electrons. The lowest BCUT2D eigenvalue weighted by atomic mass is 9.90. The number of benzene rings is 1. The first kappa shape index (κ1) is 15.7. The minimum absolute atomic E-state index is 0.0707. The van der Waals surface area contributed by atoms with Crippen molar-refractivity contribution >= 4 is 11.9 Å². The number of carbonyl (C=O) groups is 2. The van der Waals surface area contributed by atoms with Crippen LogP contribution in [-0.2, 0) is 9.59 Å². The van der Waals surface area contributed by atoms with Gasteiger partial charge in [0.25, 0.3) is 5.92 Å². The van der Waals surface area contributed by atoms with Crippen molar-refractivity contribution in [1.82, 2.24) is 4.90 Å². The van der Waals surface area contributed by atoms with Gasteiger partial charge in [0, 0.05) is 32.4 Å². The number of amides is 1. The van der Waals surface area contributed by atoms with E-state index in [4.69, 9.17) is 4.74 Å². The second-order valence-electron chi connectivity index (χ2n) is 6.06. The van der Waals surface area contributed by atoms with Crippen LogP contribution in [0.2, 0.25) is 0 Å². The molecule has 2 aliphatic rings. The quantitative estimate of drug-likeness (QED) is 0.921. The highest BCUT2D eigenvalue weighted by Crippen LogP contribution is 2.49. The van der Waals surface area contributed by atoms with Gasteiger partial charge in [0.1, 0.15) is 11.7 Å². The predicted octanol–water partition coefficient (Wildman–Crippen LogP) is 2.17. The number of hydrogen-bond donors (Lipinski definition) is 1. The average Bonchev–Trinajstić information content (AvgIpc) is 3.17. The van der Waals surface area contributed by atoms with E-state index >= 15 is 0 Å². The minimum atomic E-state index is -2.90. The number of piperidine rings is 1. The Bertz CT molecular complexity index is 612. The van der Waals surface area contributed by atoms with Crippen LogP contribution >= 0.6 is 0 Å². The predicted molar refractivity (Wildman–Crippen MR) is 76.3 cm³/mol. The Morgan fingerprint density at radius 2 is 1.74 bits per heavy atom. The molecule has 0 bridgehead atoms. The van der Waals surface area contributed by atoms with E-state index in [0.29, 0.717) is 5.75 Å². The van der Waals surface area contributed by atoms with Crippen LogP contribution < -0.4 is 4.74 Å². The number of para-hydroxylation sites is 1. The number of hydrogen-bond acceptors (Lipinski definition) is 3. The van der Waals surface area contributed by atoms with E-state index in [0.717, 1.165) is 0 Å². The smallest absolute Gasteiger partial charge is 0.348 e. The summed E-state index contributed by atoms with van der Waals surface area (Å²) in [6.07, 6.45) is -0.268. The lowest BCUT2D eigenvalue weighted by Crippen LogP contribution is -2.54. The monoisotopic (exact) mass is 325 g/mol. The van der Waals surface area contributed by atoms with E-state index < -0.39 is 35.7 Å². The van der Waals surface area contributed by atoms with Gasteiger partial charge < -0.3 is 14.7 Å². The van der Waals surface area contributed by atoms with E-state index in [2.05, 4.69) is 0 Å². The molecule has 1 N–H and O–H groups in total. The highest BCUT2D eigenvalue weighted by Gasteiger charge is 2.62. The number of ether oxygens (including phenoxy) is 1. The molecule has 2 fully saturated rings. The van der Waals surface area contributed by atoms with Gasteiger partial charge in [0.15, 0.2) is 0 Å². The van der Waals surface area contributed by atoms with Gasteiger partial charge in [-0.05, 0) is 12.1 Å². The summed E-state index contributed by atoms with van der Waals surface area (Å²) in [6.45, 7) is 0.203. The fraction of sp³-hybridized carbons (Fsp3) is 0.500.